The number of hydrogen-bond acceptors (Lipinski definition) is 6. The summed E-state index contributed by atoms with van der Waals surface area (Å²) in [7, 11) is 0. The van der Waals surface area contributed by atoms with Crippen LogP contribution in [0, 0.1) is 13.8 Å². The zero-order valence-electron chi connectivity index (χ0n) is 18.3. The molecule has 6 nitrogen and oxygen atoms in total. The van der Waals surface area contributed by atoms with Crippen LogP contribution in [0.5, 0.6) is 5.88 Å². The Hall–Kier alpha value is -2.93. The number of ether oxygens (including phenoxy) is 1. The third-order valence-electron chi connectivity index (χ3n) is 5.40. The Balaban J connectivity index is 1.86. The highest BCUT2D eigenvalue weighted by molar-refractivity contribution is 7.99. The predicted octanol–water partition coefficient (Wildman–Crippen LogP) is 5.49. The molecule has 0 spiro atoms. The molecule has 1 aliphatic rings. The Labute approximate surface area is 187 Å². The van der Waals surface area contributed by atoms with E-state index in [1.807, 2.05) is 36.4 Å². The monoisotopic (exact) mass is 434 g/mol. The number of fused-ring (bicyclic) bond motifs is 3. The maximum atomic E-state index is 12.8. The molecule has 1 aliphatic heterocycles. The molecule has 0 saturated heterocycles. The van der Waals surface area contributed by atoms with Gasteiger partial charge < -0.3 is 4.74 Å². The Morgan fingerprint density at radius 3 is 2.68 bits per heavy atom. The van der Waals surface area contributed by atoms with Crippen LogP contribution >= 0.6 is 11.8 Å². The number of amides is 1. The molecular weight excluding hydrogens is 408 g/mol. The third-order valence-corrected chi connectivity index (χ3v) is 6.32. The quantitative estimate of drug-likeness (QED) is 0.391. The Morgan fingerprint density at radius 2 is 1.94 bits per heavy atom. The van der Waals surface area contributed by atoms with Crippen molar-refractivity contribution >= 4 is 23.4 Å². The van der Waals surface area contributed by atoms with Gasteiger partial charge in [0.1, 0.15) is 0 Å². The normalized spacial score (nSPS) is 15.0. The molecule has 1 atom stereocenters. The van der Waals surface area contributed by atoms with Gasteiger partial charge in [-0.3, -0.25) is 9.69 Å². The molecule has 2 aromatic carbocycles. The molecule has 4 rings (SSSR count). The number of rotatable bonds is 5. The van der Waals surface area contributed by atoms with Crippen molar-refractivity contribution in [3.8, 4) is 17.1 Å². The summed E-state index contributed by atoms with van der Waals surface area (Å²) in [5.41, 5.74) is 5.28. The molecule has 31 heavy (non-hydrogen) atoms. The summed E-state index contributed by atoms with van der Waals surface area (Å²) >= 11 is 1.57. The first-order valence-electron chi connectivity index (χ1n) is 10.5. The zero-order chi connectivity index (χ0) is 22.0. The van der Waals surface area contributed by atoms with E-state index in [9.17, 15) is 4.79 Å². The van der Waals surface area contributed by atoms with Gasteiger partial charge in [-0.05, 0) is 37.5 Å². The maximum absolute atomic E-state index is 12.8. The van der Waals surface area contributed by atoms with Crippen molar-refractivity contribution in [2.75, 3.05) is 10.7 Å². The molecule has 0 saturated carbocycles. The van der Waals surface area contributed by atoms with E-state index in [0.29, 0.717) is 16.7 Å². The van der Waals surface area contributed by atoms with Crippen molar-refractivity contribution < 1.29 is 9.53 Å². The lowest BCUT2D eigenvalue weighted by Crippen LogP contribution is -2.36. The van der Waals surface area contributed by atoms with Crippen molar-refractivity contribution in [1.82, 2.24) is 15.2 Å². The van der Waals surface area contributed by atoms with Gasteiger partial charge in [0.15, 0.2) is 5.69 Å². The van der Waals surface area contributed by atoms with E-state index in [4.69, 9.17) is 4.74 Å². The molecule has 0 fully saturated rings. The molecular formula is C24H26N4O2S. The molecule has 3 aromatic rings. The number of aromatic nitrogens is 3. The second kappa shape index (κ2) is 9.06. The molecule has 0 N–H and O–H groups in total. The van der Waals surface area contributed by atoms with E-state index in [2.05, 4.69) is 42.0 Å². The molecule has 0 radical (unpaired) electrons. The van der Waals surface area contributed by atoms with E-state index in [0.717, 1.165) is 41.0 Å². The van der Waals surface area contributed by atoms with Gasteiger partial charge in [0, 0.05) is 23.8 Å². The average Bonchev–Trinajstić information content (AvgIpc) is 2.90. The van der Waals surface area contributed by atoms with Gasteiger partial charge in [0.2, 0.25) is 23.2 Å². The van der Waals surface area contributed by atoms with Gasteiger partial charge in [-0.15, -0.1) is 10.2 Å². The number of anilines is 1. The van der Waals surface area contributed by atoms with Crippen LogP contribution in [0.15, 0.2) is 47.6 Å². The van der Waals surface area contributed by atoms with E-state index in [1.165, 1.54) is 5.56 Å². The number of benzene rings is 2. The lowest BCUT2D eigenvalue weighted by atomic mass is 10.0. The maximum Gasteiger partial charge on any atom is 0.247 e. The number of para-hydroxylation sites is 1. The van der Waals surface area contributed by atoms with Crippen LogP contribution in [-0.4, -0.2) is 26.8 Å². The number of carbonyl (C=O) groups excluding carboxylic acids is 1. The standard InChI is InChI=1S/C24H26N4O2S/c1-5-6-13-31-24-25-22-21(26-27-24)19-9-7-8-10-20(19)28(17(4)29)23(30-22)18-12-11-15(2)16(3)14-18/h7-12,14,23H,5-6,13H2,1-4H3/t23-/m1/s1. The average molecular weight is 435 g/mol. The lowest BCUT2D eigenvalue weighted by molar-refractivity contribution is -0.118. The molecule has 0 bridgehead atoms. The van der Waals surface area contributed by atoms with Gasteiger partial charge in [0.25, 0.3) is 0 Å². The topological polar surface area (TPSA) is 68.2 Å². The first-order valence-corrected chi connectivity index (χ1v) is 11.5. The first kappa shape index (κ1) is 21.3. The van der Waals surface area contributed by atoms with Crippen LogP contribution in [0.25, 0.3) is 11.3 Å². The summed E-state index contributed by atoms with van der Waals surface area (Å²) in [6, 6.07) is 13.8. The summed E-state index contributed by atoms with van der Waals surface area (Å²) in [5, 5.41) is 9.36. The Kier molecular flexibility index (Phi) is 6.23. The van der Waals surface area contributed by atoms with Crippen LogP contribution in [0.1, 0.15) is 49.6 Å². The Bertz CT molecular complexity index is 1120. The second-order valence-corrected chi connectivity index (χ2v) is 8.73. The summed E-state index contributed by atoms with van der Waals surface area (Å²) in [4.78, 5) is 19.2. The van der Waals surface area contributed by atoms with Gasteiger partial charge in [-0.2, -0.15) is 4.98 Å². The fourth-order valence-electron chi connectivity index (χ4n) is 3.56. The SMILES string of the molecule is CCCCSc1nnc2c(n1)O[C@H](c1ccc(C)c(C)c1)N(C(C)=O)c1ccccc1-2. The van der Waals surface area contributed by atoms with E-state index in [-0.39, 0.29) is 5.91 Å². The van der Waals surface area contributed by atoms with Crippen molar-refractivity contribution in [1.29, 1.82) is 0 Å². The van der Waals surface area contributed by atoms with Gasteiger partial charge in [-0.25, -0.2) is 0 Å². The minimum atomic E-state index is -0.649. The highest BCUT2D eigenvalue weighted by Crippen LogP contribution is 2.43. The van der Waals surface area contributed by atoms with E-state index >= 15 is 0 Å². The molecule has 0 aliphatic carbocycles. The van der Waals surface area contributed by atoms with Crippen LogP contribution in [0.4, 0.5) is 5.69 Å². The highest BCUT2D eigenvalue weighted by Gasteiger charge is 2.34. The molecule has 160 valence electrons. The van der Waals surface area contributed by atoms with Crippen LogP contribution in [-0.2, 0) is 4.79 Å². The van der Waals surface area contributed by atoms with Gasteiger partial charge >= 0.3 is 0 Å². The number of thioether (sulfide) groups is 1. The van der Waals surface area contributed by atoms with Crippen molar-refractivity contribution in [3.63, 3.8) is 0 Å². The number of carbonyl (C=O) groups is 1. The number of hydrogen-bond donors (Lipinski definition) is 0. The predicted molar refractivity (Wildman–Crippen MR) is 123 cm³/mol. The second-order valence-electron chi connectivity index (χ2n) is 7.67. The smallest absolute Gasteiger partial charge is 0.247 e. The minimum absolute atomic E-state index is 0.117. The number of aryl methyl sites for hydroxylation is 2. The zero-order valence-corrected chi connectivity index (χ0v) is 19.1. The van der Waals surface area contributed by atoms with E-state index < -0.39 is 6.23 Å². The highest BCUT2D eigenvalue weighted by atomic mass is 32.2. The minimum Gasteiger partial charge on any atom is -0.447 e. The first-order chi connectivity index (χ1) is 15.0. The fraction of sp³-hybridized carbons (Fsp3) is 0.333. The van der Waals surface area contributed by atoms with E-state index in [1.54, 1.807) is 23.6 Å². The van der Waals surface area contributed by atoms with Crippen molar-refractivity contribution in [3.05, 3.63) is 59.2 Å². The Morgan fingerprint density at radius 1 is 1.13 bits per heavy atom. The summed E-state index contributed by atoms with van der Waals surface area (Å²) in [6.07, 6.45) is 1.54. The largest absolute Gasteiger partial charge is 0.447 e. The molecule has 1 aromatic heterocycles. The van der Waals surface area contributed by atoms with Gasteiger partial charge in [0.05, 0.1) is 5.69 Å². The summed E-state index contributed by atoms with van der Waals surface area (Å²) < 4.78 is 6.42. The van der Waals surface area contributed by atoms with Crippen LogP contribution in [0.3, 0.4) is 0 Å². The number of unbranched alkanes of at least 4 members (excludes halogenated alkanes) is 1. The van der Waals surface area contributed by atoms with Crippen LogP contribution in [0.2, 0.25) is 0 Å². The van der Waals surface area contributed by atoms with Crippen LogP contribution < -0.4 is 9.64 Å². The molecule has 2 heterocycles. The third kappa shape index (κ3) is 4.28. The summed E-state index contributed by atoms with van der Waals surface area (Å²) in [6.45, 7) is 7.83. The molecule has 1 amide bonds. The molecule has 0 unspecified atom stereocenters. The van der Waals surface area contributed by atoms with Crippen molar-refractivity contribution in [2.24, 2.45) is 0 Å². The molecule has 7 heteroatoms. The number of nitrogens with zero attached hydrogens (tertiary/aromatic N) is 4. The van der Waals surface area contributed by atoms with Crippen molar-refractivity contribution in [2.45, 2.75) is 51.9 Å². The summed E-state index contributed by atoms with van der Waals surface area (Å²) in [5.74, 6) is 1.20. The lowest BCUT2D eigenvalue weighted by Gasteiger charge is -2.30. The van der Waals surface area contributed by atoms with Gasteiger partial charge in [-0.1, -0.05) is 61.5 Å². The fourth-order valence-corrected chi connectivity index (χ4v) is 4.42.